The number of benzene rings is 2. The summed E-state index contributed by atoms with van der Waals surface area (Å²) in [6, 6.07) is 9.27. The molecule has 1 aliphatic heterocycles. The number of hydrogen-bond donors (Lipinski definition) is 2. The fourth-order valence-corrected chi connectivity index (χ4v) is 2.84. The molecule has 28 heavy (non-hydrogen) atoms. The highest BCUT2D eigenvalue weighted by Gasteiger charge is 2.36. The molecule has 142 valence electrons. The predicted octanol–water partition coefficient (Wildman–Crippen LogP) is 2.71. The third-order valence-electron chi connectivity index (χ3n) is 3.93. The van der Waals surface area contributed by atoms with Crippen LogP contribution in [-0.2, 0) is 9.59 Å². The van der Waals surface area contributed by atoms with Crippen LogP contribution in [0.4, 0.5) is 10.5 Å². The molecular formula is C19H13ClN2O6. The van der Waals surface area contributed by atoms with E-state index in [2.05, 4.69) is 5.32 Å². The van der Waals surface area contributed by atoms with Gasteiger partial charge in [0.05, 0.1) is 12.8 Å². The van der Waals surface area contributed by atoms with E-state index in [0.29, 0.717) is 5.02 Å². The standard InChI is InChI=1S/C19H13ClN2O6/c1-28-15-6-5-10(7-13(15)18(25)26)8-14-16(23)21-19(27)22(17(14)24)12-4-2-3-11(20)9-12/h2-9H,1H3,(H,25,26)(H,21,23,27)/b14-8-. The number of imide groups is 2. The van der Waals surface area contributed by atoms with Gasteiger partial charge in [0.1, 0.15) is 16.9 Å². The lowest BCUT2D eigenvalue weighted by molar-refractivity contribution is -0.122. The number of carboxylic acid groups (broad SMARTS) is 1. The molecule has 2 aromatic carbocycles. The highest BCUT2D eigenvalue weighted by atomic mass is 35.5. The Labute approximate surface area is 164 Å². The topological polar surface area (TPSA) is 113 Å². The van der Waals surface area contributed by atoms with E-state index in [1.807, 2.05) is 0 Å². The Morgan fingerprint density at radius 1 is 1.18 bits per heavy atom. The first-order chi connectivity index (χ1) is 13.3. The third-order valence-corrected chi connectivity index (χ3v) is 4.17. The largest absolute Gasteiger partial charge is 0.496 e. The normalized spacial score (nSPS) is 15.6. The Kier molecular flexibility index (Phi) is 5.14. The second-order valence-electron chi connectivity index (χ2n) is 5.70. The minimum Gasteiger partial charge on any atom is -0.496 e. The lowest BCUT2D eigenvalue weighted by Crippen LogP contribution is -2.54. The number of amides is 4. The molecule has 9 heteroatoms. The molecule has 0 bridgehead atoms. The monoisotopic (exact) mass is 400 g/mol. The first-order valence-corrected chi connectivity index (χ1v) is 8.28. The zero-order valence-electron chi connectivity index (χ0n) is 14.4. The lowest BCUT2D eigenvalue weighted by Gasteiger charge is -2.26. The minimum atomic E-state index is -1.23. The van der Waals surface area contributed by atoms with E-state index in [0.717, 1.165) is 4.90 Å². The van der Waals surface area contributed by atoms with Crippen molar-refractivity contribution in [3.8, 4) is 5.75 Å². The molecule has 1 fully saturated rings. The van der Waals surface area contributed by atoms with E-state index in [1.165, 1.54) is 43.5 Å². The summed E-state index contributed by atoms with van der Waals surface area (Å²) >= 11 is 5.91. The van der Waals surface area contributed by atoms with E-state index >= 15 is 0 Å². The van der Waals surface area contributed by atoms with Gasteiger partial charge in [-0.1, -0.05) is 23.7 Å². The minimum absolute atomic E-state index is 0.129. The van der Waals surface area contributed by atoms with Gasteiger partial charge in [0.25, 0.3) is 11.8 Å². The van der Waals surface area contributed by atoms with Crippen LogP contribution in [0.2, 0.25) is 5.02 Å². The summed E-state index contributed by atoms with van der Waals surface area (Å²) < 4.78 is 4.98. The summed E-state index contributed by atoms with van der Waals surface area (Å²) in [6.45, 7) is 0. The molecular weight excluding hydrogens is 388 g/mol. The Hall–Kier alpha value is -3.65. The van der Waals surface area contributed by atoms with Gasteiger partial charge in [-0.25, -0.2) is 14.5 Å². The fraction of sp³-hybridized carbons (Fsp3) is 0.0526. The van der Waals surface area contributed by atoms with Crippen molar-refractivity contribution in [2.75, 3.05) is 12.0 Å². The number of urea groups is 1. The first-order valence-electron chi connectivity index (χ1n) is 7.90. The molecule has 4 amide bonds. The molecule has 2 N–H and O–H groups in total. The van der Waals surface area contributed by atoms with Crippen molar-refractivity contribution >= 4 is 47.2 Å². The Morgan fingerprint density at radius 2 is 1.93 bits per heavy atom. The van der Waals surface area contributed by atoms with Crippen LogP contribution in [0.3, 0.4) is 0 Å². The number of carbonyl (C=O) groups is 4. The number of halogens is 1. The van der Waals surface area contributed by atoms with Crippen molar-refractivity contribution in [1.29, 1.82) is 0 Å². The smallest absolute Gasteiger partial charge is 0.339 e. The van der Waals surface area contributed by atoms with Crippen LogP contribution >= 0.6 is 11.6 Å². The molecule has 0 aliphatic carbocycles. The maximum Gasteiger partial charge on any atom is 0.339 e. The summed E-state index contributed by atoms with van der Waals surface area (Å²) in [4.78, 5) is 49.3. The van der Waals surface area contributed by atoms with Gasteiger partial charge in [-0.15, -0.1) is 0 Å². The number of hydrogen-bond acceptors (Lipinski definition) is 5. The van der Waals surface area contributed by atoms with Crippen molar-refractivity contribution in [1.82, 2.24) is 5.32 Å². The fourth-order valence-electron chi connectivity index (χ4n) is 2.66. The number of barbiturate groups is 1. The Bertz CT molecular complexity index is 1050. The average molecular weight is 401 g/mol. The molecule has 3 rings (SSSR count). The molecule has 8 nitrogen and oxygen atoms in total. The van der Waals surface area contributed by atoms with Crippen LogP contribution in [0, 0.1) is 0 Å². The van der Waals surface area contributed by atoms with E-state index in [9.17, 15) is 24.3 Å². The number of aromatic carboxylic acids is 1. The van der Waals surface area contributed by atoms with Gasteiger partial charge in [0.2, 0.25) is 0 Å². The summed E-state index contributed by atoms with van der Waals surface area (Å²) in [7, 11) is 1.33. The lowest BCUT2D eigenvalue weighted by atomic mass is 10.0. The molecule has 0 unspecified atom stereocenters. The van der Waals surface area contributed by atoms with Gasteiger partial charge in [-0.05, 0) is 42.0 Å². The quantitative estimate of drug-likeness (QED) is 0.602. The van der Waals surface area contributed by atoms with Gasteiger partial charge in [-0.3, -0.25) is 14.9 Å². The highest BCUT2D eigenvalue weighted by Crippen LogP contribution is 2.26. The SMILES string of the molecule is COc1ccc(/C=C2/C(=O)NC(=O)N(c3cccc(Cl)c3)C2=O)cc1C(=O)O. The van der Waals surface area contributed by atoms with E-state index in [-0.39, 0.29) is 28.1 Å². The van der Waals surface area contributed by atoms with Crippen LogP contribution in [0.25, 0.3) is 6.08 Å². The molecule has 1 aliphatic rings. The number of nitrogens with zero attached hydrogens (tertiary/aromatic N) is 1. The van der Waals surface area contributed by atoms with Crippen molar-refractivity contribution in [3.63, 3.8) is 0 Å². The van der Waals surface area contributed by atoms with Crippen molar-refractivity contribution < 1.29 is 29.0 Å². The number of rotatable bonds is 4. The van der Waals surface area contributed by atoms with Crippen molar-refractivity contribution in [2.24, 2.45) is 0 Å². The van der Waals surface area contributed by atoms with Gasteiger partial charge in [0, 0.05) is 5.02 Å². The van der Waals surface area contributed by atoms with Crippen LogP contribution in [0.1, 0.15) is 15.9 Å². The van der Waals surface area contributed by atoms with E-state index < -0.39 is 23.8 Å². The number of methoxy groups -OCH3 is 1. The maximum absolute atomic E-state index is 12.8. The Balaban J connectivity index is 2.04. The van der Waals surface area contributed by atoms with Crippen molar-refractivity contribution in [2.45, 2.75) is 0 Å². The van der Waals surface area contributed by atoms with Crippen LogP contribution in [0.15, 0.2) is 48.0 Å². The molecule has 2 aromatic rings. The van der Waals surface area contributed by atoms with Crippen LogP contribution in [0.5, 0.6) is 5.75 Å². The predicted molar refractivity (Wildman–Crippen MR) is 100 cm³/mol. The van der Waals surface area contributed by atoms with Gasteiger partial charge >= 0.3 is 12.0 Å². The number of carboxylic acids is 1. The summed E-state index contributed by atoms with van der Waals surface area (Å²) in [6.07, 6.45) is 1.20. The maximum atomic E-state index is 12.8. The molecule has 1 heterocycles. The van der Waals surface area contributed by atoms with Gasteiger partial charge in [0.15, 0.2) is 0 Å². The number of carbonyl (C=O) groups excluding carboxylic acids is 3. The zero-order chi connectivity index (χ0) is 20.4. The second kappa shape index (κ2) is 7.53. The van der Waals surface area contributed by atoms with Gasteiger partial charge in [-0.2, -0.15) is 0 Å². The van der Waals surface area contributed by atoms with E-state index in [1.54, 1.807) is 12.1 Å². The first kappa shape index (κ1) is 19.1. The highest BCUT2D eigenvalue weighted by molar-refractivity contribution is 6.39. The van der Waals surface area contributed by atoms with Crippen LogP contribution < -0.4 is 15.0 Å². The molecule has 0 aromatic heterocycles. The molecule has 0 spiro atoms. The van der Waals surface area contributed by atoms with Gasteiger partial charge < -0.3 is 9.84 Å². The second-order valence-corrected chi connectivity index (χ2v) is 6.14. The molecule has 1 saturated heterocycles. The van der Waals surface area contributed by atoms with E-state index in [4.69, 9.17) is 16.3 Å². The average Bonchev–Trinajstić information content (AvgIpc) is 2.65. The van der Waals surface area contributed by atoms with Crippen LogP contribution in [-0.4, -0.2) is 36.0 Å². The summed E-state index contributed by atoms with van der Waals surface area (Å²) in [5.74, 6) is -2.85. The number of anilines is 1. The number of nitrogens with one attached hydrogen (secondary N) is 1. The summed E-state index contributed by atoms with van der Waals surface area (Å²) in [5.41, 5.74) is -0.00387. The zero-order valence-corrected chi connectivity index (χ0v) is 15.2. The molecule has 0 saturated carbocycles. The molecule has 0 radical (unpaired) electrons. The summed E-state index contributed by atoms with van der Waals surface area (Å²) in [5, 5.41) is 11.7. The third kappa shape index (κ3) is 3.58. The Morgan fingerprint density at radius 3 is 2.57 bits per heavy atom. The number of ether oxygens (including phenoxy) is 1. The molecule has 0 atom stereocenters. The van der Waals surface area contributed by atoms with Crippen molar-refractivity contribution in [3.05, 3.63) is 64.2 Å².